The van der Waals surface area contributed by atoms with Gasteiger partial charge in [0.2, 0.25) is 5.91 Å². The number of hydrogen-bond acceptors (Lipinski definition) is 5. The van der Waals surface area contributed by atoms with Crippen molar-refractivity contribution in [1.29, 1.82) is 0 Å². The molecule has 2 N–H and O–H groups in total. The highest BCUT2D eigenvalue weighted by Gasteiger charge is 2.66. The van der Waals surface area contributed by atoms with E-state index in [1.165, 1.54) is 0 Å². The number of ether oxygens (including phenoxy) is 1. The predicted molar refractivity (Wildman–Crippen MR) is 177 cm³/mol. The summed E-state index contributed by atoms with van der Waals surface area (Å²) in [6.07, 6.45) is -0.0990. The average molecular weight is 731 g/mol. The summed E-state index contributed by atoms with van der Waals surface area (Å²) in [4.78, 5) is 43.7. The first-order valence-corrected chi connectivity index (χ1v) is 19.2. The van der Waals surface area contributed by atoms with Crippen molar-refractivity contribution >= 4 is 60.0 Å². The molecule has 0 aliphatic carbocycles. The first-order chi connectivity index (χ1) is 20.4. The maximum atomic E-state index is 14.6. The minimum Gasteiger partial charge on any atom is -0.432 e. The van der Waals surface area contributed by atoms with E-state index in [1.54, 1.807) is 21.9 Å². The molecule has 0 aromatic heterocycles. The van der Waals surface area contributed by atoms with Crippen LogP contribution in [0.25, 0.3) is 0 Å². The van der Waals surface area contributed by atoms with E-state index < -0.39 is 31.5 Å². The van der Waals surface area contributed by atoms with Crippen LogP contribution in [0.15, 0.2) is 66.7 Å². The fourth-order valence-corrected chi connectivity index (χ4v) is 10.6. The Morgan fingerprint density at radius 2 is 1.81 bits per heavy atom. The molecule has 5 atom stereocenters. The molecule has 43 heavy (non-hydrogen) atoms. The summed E-state index contributed by atoms with van der Waals surface area (Å²) < 4.78 is 7.96. The van der Waals surface area contributed by atoms with Crippen LogP contribution in [0.3, 0.4) is 0 Å². The Bertz CT molecular complexity index is 1560. The highest BCUT2D eigenvalue weighted by Crippen LogP contribution is 2.60. The van der Waals surface area contributed by atoms with E-state index >= 15 is 0 Å². The summed E-state index contributed by atoms with van der Waals surface area (Å²) >= 11 is 8.77. The van der Waals surface area contributed by atoms with Crippen molar-refractivity contribution in [2.24, 2.45) is 5.92 Å². The topological polar surface area (TPSA) is 90.3 Å². The third-order valence-corrected chi connectivity index (χ3v) is 12.9. The number of amides is 2. The molecule has 226 valence electrons. The first-order valence-electron chi connectivity index (χ1n) is 14.7. The largest absolute Gasteiger partial charge is 0.432 e. The number of benzene rings is 3. The zero-order chi connectivity index (χ0) is 30.7. The number of fused-ring (bicyclic) bond motifs is 3. The number of carbonyl (C=O) groups is 2. The van der Waals surface area contributed by atoms with Crippen LogP contribution in [-0.2, 0) is 39.4 Å². The molecule has 3 heterocycles. The number of aliphatic hydroxyl groups excluding tert-OH is 1. The second kappa shape index (κ2) is 11.6. The molecule has 0 bridgehead atoms. The van der Waals surface area contributed by atoms with E-state index in [0.717, 1.165) is 25.9 Å². The molecule has 3 aliphatic rings. The molecule has 0 saturated carbocycles. The Morgan fingerprint density at radius 1 is 1.12 bits per heavy atom. The molecular formula is C33H36ClIN2O5Si. The third kappa shape index (κ3) is 5.36. The zero-order valence-electron chi connectivity index (χ0n) is 24.5. The Labute approximate surface area is 272 Å². The molecule has 7 nitrogen and oxygen atoms in total. The van der Waals surface area contributed by atoms with Crippen molar-refractivity contribution < 1.29 is 24.2 Å². The fraction of sp³-hybridized carbons (Fsp3) is 0.394. The van der Waals surface area contributed by atoms with E-state index in [0.29, 0.717) is 30.1 Å². The van der Waals surface area contributed by atoms with Gasteiger partial charge in [-0.25, -0.2) is 0 Å². The van der Waals surface area contributed by atoms with Gasteiger partial charge in [0.05, 0.1) is 37.4 Å². The van der Waals surface area contributed by atoms with Crippen LogP contribution in [-0.4, -0.2) is 53.7 Å². The van der Waals surface area contributed by atoms with Gasteiger partial charge in [-0.1, -0.05) is 54.9 Å². The van der Waals surface area contributed by atoms with Crippen LogP contribution in [0.1, 0.15) is 35.6 Å². The molecule has 3 aromatic carbocycles. The van der Waals surface area contributed by atoms with Gasteiger partial charge in [0.25, 0.3) is 5.91 Å². The van der Waals surface area contributed by atoms with Crippen LogP contribution in [0.2, 0.25) is 23.7 Å². The normalized spacial score (nSPS) is 26.6. The Kier molecular flexibility index (Phi) is 8.27. The SMILES string of the molecule is C[C@H]1[C@H]([Si](C)(C)O)[C@@H](CC(=O)N2Cc3ccccc3C[C@H]2CO)O[C@]12C(=O)N(Cc1ccc(I)cc1)c1ccc(Cl)cc12. The van der Waals surface area contributed by atoms with Crippen LogP contribution < -0.4 is 4.90 Å². The van der Waals surface area contributed by atoms with Crippen molar-refractivity contribution in [2.75, 3.05) is 11.5 Å². The van der Waals surface area contributed by atoms with E-state index in [9.17, 15) is 19.5 Å². The summed E-state index contributed by atoms with van der Waals surface area (Å²) in [5.41, 5.74) is 2.82. The molecule has 6 rings (SSSR count). The third-order valence-electron chi connectivity index (χ3n) is 9.46. The number of rotatable bonds is 6. The molecule has 2 amide bonds. The van der Waals surface area contributed by atoms with E-state index in [4.69, 9.17) is 16.3 Å². The number of aliphatic hydroxyl groups is 1. The molecule has 3 aromatic rings. The fourth-order valence-electron chi connectivity index (χ4n) is 7.51. The molecule has 1 saturated heterocycles. The van der Waals surface area contributed by atoms with Crippen molar-refractivity contribution in [3.8, 4) is 0 Å². The van der Waals surface area contributed by atoms with Gasteiger partial charge in [-0.15, -0.1) is 0 Å². The maximum Gasteiger partial charge on any atom is 0.264 e. The Balaban J connectivity index is 1.35. The van der Waals surface area contributed by atoms with E-state index in [1.807, 2.05) is 74.6 Å². The molecule has 3 aliphatic heterocycles. The Hall–Kier alpha value is -2.28. The van der Waals surface area contributed by atoms with Crippen molar-refractivity contribution in [1.82, 2.24) is 4.90 Å². The standard InChI is InChI=1S/C33H36ClIN2O5Si/c1-20-31(43(2,3)41)29(16-30(39)36-18-23-7-5-4-6-22(23)14-26(36)19-38)42-33(20)27-15-24(34)10-13-28(27)37(32(33)40)17-21-8-11-25(35)12-9-21/h4-13,15,20,26,29,31,38,41H,14,16-19H2,1-3H3/t20-,26-,29+,31-,33+/m0/s1. The molecule has 0 unspecified atom stereocenters. The molecule has 10 heteroatoms. The monoisotopic (exact) mass is 730 g/mol. The minimum atomic E-state index is -2.96. The zero-order valence-corrected chi connectivity index (χ0v) is 28.4. The van der Waals surface area contributed by atoms with Crippen LogP contribution in [0.4, 0.5) is 5.69 Å². The van der Waals surface area contributed by atoms with Gasteiger partial charge in [0, 0.05) is 32.2 Å². The van der Waals surface area contributed by atoms with Gasteiger partial charge < -0.3 is 24.4 Å². The highest BCUT2D eigenvalue weighted by atomic mass is 127. The molecule has 0 radical (unpaired) electrons. The lowest BCUT2D eigenvalue weighted by atomic mass is 9.82. The van der Waals surface area contributed by atoms with Crippen molar-refractivity contribution in [2.45, 2.75) is 69.2 Å². The van der Waals surface area contributed by atoms with Gasteiger partial charge in [0.1, 0.15) is 0 Å². The van der Waals surface area contributed by atoms with E-state index in [-0.39, 0.29) is 30.9 Å². The van der Waals surface area contributed by atoms with Gasteiger partial charge in [-0.3, -0.25) is 9.59 Å². The van der Waals surface area contributed by atoms with Crippen LogP contribution >= 0.6 is 34.2 Å². The van der Waals surface area contributed by atoms with Gasteiger partial charge in [0.15, 0.2) is 13.9 Å². The van der Waals surface area contributed by atoms with Gasteiger partial charge in [-0.05, 0) is 89.1 Å². The van der Waals surface area contributed by atoms with Crippen LogP contribution in [0.5, 0.6) is 0 Å². The number of carbonyl (C=O) groups excluding carboxylic acids is 2. The predicted octanol–water partition coefficient (Wildman–Crippen LogP) is 5.63. The number of halogens is 2. The maximum absolute atomic E-state index is 14.6. The Morgan fingerprint density at radius 3 is 2.49 bits per heavy atom. The van der Waals surface area contributed by atoms with Gasteiger partial charge >= 0.3 is 0 Å². The van der Waals surface area contributed by atoms with Gasteiger partial charge in [-0.2, -0.15) is 0 Å². The minimum absolute atomic E-state index is 0.00666. The molecular weight excluding hydrogens is 695 g/mol. The number of nitrogens with zero attached hydrogens (tertiary/aromatic N) is 2. The lowest BCUT2D eigenvalue weighted by Crippen LogP contribution is -2.48. The van der Waals surface area contributed by atoms with Crippen LogP contribution in [0, 0.1) is 9.49 Å². The lowest BCUT2D eigenvalue weighted by molar-refractivity contribution is -0.151. The van der Waals surface area contributed by atoms with Crippen molar-refractivity contribution in [3.05, 3.63) is 97.6 Å². The molecule has 1 spiro atoms. The average Bonchev–Trinajstić information content (AvgIpc) is 3.39. The molecule has 1 fully saturated rings. The summed E-state index contributed by atoms with van der Waals surface area (Å²) in [5.74, 6) is -0.758. The smallest absolute Gasteiger partial charge is 0.264 e. The highest BCUT2D eigenvalue weighted by molar-refractivity contribution is 14.1. The quantitative estimate of drug-likeness (QED) is 0.254. The second-order valence-corrected chi connectivity index (χ2v) is 18.2. The van der Waals surface area contributed by atoms with Crippen molar-refractivity contribution in [3.63, 3.8) is 0 Å². The second-order valence-electron chi connectivity index (χ2n) is 12.6. The first kappa shape index (κ1) is 30.7. The summed E-state index contributed by atoms with van der Waals surface area (Å²) in [5, 5.41) is 10.7. The summed E-state index contributed by atoms with van der Waals surface area (Å²) in [6, 6.07) is 21.1. The number of anilines is 1. The lowest BCUT2D eigenvalue weighted by Gasteiger charge is -2.37. The van der Waals surface area contributed by atoms with E-state index in [2.05, 4.69) is 22.6 Å². The number of hydrogen-bond donors (Lipinski definition) is 2. The summed E-state index contributed by atoms with van der Waals surface area (Å²) in [6.45, 7) is 6.28. The summed E-state index contributed by atoms with van der Waals surface area (Å²) in [7, 11) is -2.96.